The van der Waals surface area contributed by atoms with Gasteiger partial charge >= 0.3 is 0 Å². The van der Waals surface area contributed by atoms with Gasteiger partial charge in [0.05, 0.1) is 22.8 Å². The van der Waals surface area contributed by atoms with Crippen LogP contribution in [-0.2, 0) is 16.1 Å². The van der Waals surface area contributed by atoms with Crippen molar-refractivity contribution in [2.75, 3.05) is 19.6 Å². The average molecular weight is 485 g/mol. The molecule has 8 heteroatoms. The van der Waals surface area contributed by atoms with Crippen molar-refractivity contribution in [3.05, 3.63) is 66.0 Å². The van der Waals surface area contributed by atoms with E-state index in [2.05, 4.69) is 15.2 Å². The number of phenols is 1. The summed E-state index contributed by atoms with van der Waals surface area (Å²) in [7, 11) is 0. The number of β-amino-alcohol motifs (C(OH)–C–C–N with tert-alkyl or cyclic N) is 1. The first-order valence-corrected chi connectivity index (χ1v) is 12.4. The summed E-state index contributed by atoms with van der Waals surface area (Å²) < 4.78 is 1.87. The van der Waals surface area contributed by atoms with E-state index < -0.39 is 17.9 Å². The van der Waals surface area contributed by atoms with Gasteiger partial charge in [0.25, 0.3) is 11.8 Å². The number of carbonyl (C=O) groups is 2. The van der Waals surface area contributed by atoms with E-state index in [1.807, 2.05) is 34.9 Å². The number of aromatic nitrogens is 2. The maximum Gasteiger partial charge on any atom is 0.259 e. The highest BCUT2D eigenvalue weighted by molar-refractivity contribution is 6.50. The third kappa shape index (κ3) is 3.79. The Morgan fingerprint density at radius 1 is 0.889 bits per heavy atom. The summed E-state index contributed by atoms with van der Waals surface area (Å²) in [4.78, 5) is 31.6. The van der Waals surface area contributed by atoms with Crippen molar-refractivity contribution in [3.8, 4) is 5.75 Å². The van der Waals surface area contributed by atoms with Crippen LogP contribution in [0, 0.1) is 0 Å². The zero-order valence-electron chi connectivity index (χ0n) is 19.8. The largest absolute Gasteiger partial charge is 0.507 e. The van der Waals surface area contributed by atoms with E-state index in [1.54, 1.807) is 24.5 Å². The molecule has 2 aromatic heterocycles. The standard InChI is InChI=1S/C28H28N4O4/c33-17(14-31-11-4-1-5-12-31)15-32-16-20(24-22(32)9-6-10-23(24)34)26-25(27(35)30-28(26)36)19-13-29-21-8-3-2-7-18(19)21/h2-3,6-10,13,16-17,29,33-34H,1,4-5,11-12,14-15H2,(H,30,35,36). The van der Waals surface area contributed by atoms with Gasteiger partial charge in [-0.05, 0) is 44.1 Å². The van der Waals surface area contributed by atoms with E-state index in [-0.39, 0.29) is 16.9 Å². The Morgan fingerprint density at radius 3 is 2.44 bits per heavy atom. The van der Waals surface area contributed by atoms with Crippen LogP contribution in [0.5, 0.6) is 5.75 Å². The molecule has 2 amide bonds. The number of carbonyl (C=O) groups excluding carboxylic acids is 2. The van der Waals surface area contributed by atoms with E-state index in [4.69, 9.17) is 0 Å². The highest BCUT2D eigenvalue weighted by atomic mass is 16.3. The van der Waals surface area contributed by atoms with E-state index in [9.17, 15) is 19.8 Å². The molecule has 0 radical (unpaired) electrons. The van der Waals surface area contributed by atoms with Crippen LogP contribution in [0.15, 0.2) is 54.9 Å². The molecule has 2 aliphatic heterocycles. The normalized spacial score (nSPS) is 17.9. The Balaban J connectivity index is 1.47. The summed E-state index contributed by atoms with van der Waals surface area (Å²) in [6.45, 7) is 2.84. The fraction of sp³-hybridized carbons (Fsp3) is 0.286. The van der Waals surface area contributed by atoms with Crippen molar-refractivity contribution in [1.82, 2.24) is 19.8 Å². The first-order chi connectivity index (χ1) is 17.5. The lowest BCUT2D eigenvalue weighted by atomic mass is 9.95. The van der Waals surface area contributed by atoms with Crippen LogP contribution in [0.4, 0.5) is 0 Å². The zero-order valence-corrected chi connectivity index (χ0v) is 19.8. The van der Waals surface area contributed by atoms with Gasteiger partial charge in [-0.25, -0.2) is 0 Å². The third-order valence-electron chi connectivity index (χ3n) is 7.27. The smallest absolute Gasteiger partial charge is 0.259 e. The second kappa shape index (κ2) is 8.96. The predicted molar refractivity (Wildman–Crippen MR) is 138 cm³/mol. The molecular formula is C28H28N4O4. The minimum absolute atomic E-state index is 0.0182. The van der Waals surface area contributed by atoms with Gasteiger partial charge in [0.15, 0.2) is 0 Å². The number of H-pyrrole nitrogens is 1. The van der Waals surface area contributed by atoms with Gasteiger partial charge in [-0.2, -0.15) is 0 Å². The van der Waals surface area contributed by atoms with Gasteiger partial charge in [0.1, 0.15) is 5.75 Å². The number of piperidine rings is 1. The molecule has 1 fully saturated rings. The van der Waals surface area contributed by atoms with Crippen molar-refractivity contribution >= 4 is 44.8 Å². The molecule has 0 saturated carbocycles. The van der Waals surface area contributed by atoms with E-state index in [0.29, 0.717) is 35.1 Å². The fourth-order valence-electron chi connectivity index (χ4n) is 5.65. The van der Waals surface area contributed by atoms with Crippen LogP contribution in [0.1, 0.15) is 30.4 Å². The second-order valence-electron chi connectivity index (χ2n) is 9.66. The maximum atomic E-state index is 13.1. The maximum absolute atomic E-state index is 13.1. The van der Waals surface area contributed by atoms with Gasteiger partial charge in [0.2, 0.25) is 0 Å². The van der Waals surface area contributed by atoms with E-state index >= 15 is 0 Å². The molecule has 0 spiro atoms. The summed E-state index contributed by atoms with van der Waals surface area (Å²) in [6, 6.07) is 12.8. The lowest BCUT2D eigenvalue weighted by molar-refractivity contribution is -0.122. The van der Waals surface area contributed by atoms with Crippen molar-refractivity contribution in [3.63, 3.8) is 0 Å². The Hall–Kier alpha value is -3.88. The van der Waals surface area contributed by atoms with Gasteiger partial charge in [-0.15, -0.1) is 0 Å². The Kier molecular flexibility index (Phi) is 5.62. The van der Waals surface area contributed by atoms with Crippen LogP contribution in [0.2, 0.25) is 0 Å². The molecule has 1 atom stereocenters. The molecule has 36 heavy (non-hydrogen) atoms. The number of likely N-dealkylation sites (tertiary alicyclic amines) is 1. The number of benzene rings is 2. The van der Waals surface area contributed by atoms with Crippen molar-refractivity contribution < 1.29 is 19.8 Å². The Bertz CT molecular complexity index is 1520. The van der Waals surface area contributed by atoms with Crippen molar-refractivity contribution in [2.45, 2.75) is 31.9 Å². The van der Waals surface area contributed by atoms with Gasteiger partial charge in [-0.1, -0.05) is 30.7 Å². The second-order valence-corrected chi connectivity index (χ2v) is 9.66. The molecule has 4 heterocycles. The Morgan fingerprint density at radius 2 is 1.64 bits per heavy atom. The number of aliphatic hydroxyl groups is 1. The van der Waals surface area contributed by atoms with Crippen LogP contribution in [-0.4, -0.2) is 62.2 Å². The number of amides is 2. The number of hydrogen-bond acceptors (Lipinski definition) is 5. The summed E-state index contributed by atoms with van der Waals surface area (Å²) >= 11 is 0. The number of nitrogens with one attached hydrogen (secondary N) is 2. The minimum Gasteiger partial charge on any atom is -0.507 e. The predicted octanol–water partition coefficient (Wildman–Crippen LogP) is 3.24. The number of aliphatic hydroxyl groups excluding tert-OH is 1. The van der Waals surface area contributed by atoms with E-state index in [0.717, 1.165) is 36.8 Å². The van der Waals surface area contributed by atoms with Gasteiger partial charge in [-0.3, -0.25) is 14.9 Å². The molecule has 184 valence electrons. The number of aromatic amines is 1. The topological polar surface area (TPSA) is 111 Å². The zero-order chi connectivity index (χ0) is 24.8. The molecule has 4 N–H and O–H groups in total. The van der Waals surface area contributed by atoms with Gasteiger partial charge < -0.3 is 24.7 Å². The summed E-state index contributed by atoms with van der Waals surface area (Å²) in [5.74, 6) is -0.956. The Labute approximate surface area is 207 Å². The number of rotatable bonds is 6. The summed E-state index contributed by atoms with van der Waals surface area (Å²) in [5, 5.41) is 25.5. The first kappa shape index (κ1) is 22.6. The number of nitrogens with zero attached hydrogens (tertiary/aromatic N) is 2. The number of phenolic OH excluding ortho intramolecular Hbond substituents is 1. The van der Waals surface area contributed by atoms with Gasteiger partial charge in [0, 0.05) is 52.9 Å². The highest BCUT2D eigenvalue weighted by Gasteiger charge is 2.35. The summed E-state index contributed by atoms with van der Waals surface area (Å²) in [6.07, 6.45) is 6.41. The lowest BCUT2D eigenvalue weighted by Gasteiger charge is -2.28. The van der Waals surface area contributed by atoms with Crippen LogP contribution < -0.4 is 5.32 Å². The molecule has 4 aromatic rings. The molecule has 1 saturated heterocycles. The number of fused-ring (bicyclic) bond motifs is 2. The quantitative estimate of drug-likeness (QED) is 0.314. The van der Waals surface area contributed by atoms with E-state index in [1.165, 1.54) is 6.42 Å². The number of para-hydroxylation sites is 1. The van der Waals surface area contributed by atoms with Crippen LogP contribution in [0.25, 0.3) is 33.0 Å². The molecular weight excluding hydrogens is 456 g/mol. The number of imide groups is 1. The van der Waals surface area contributed by atoms with Crippen LogP contribution >= 0.6 is 0 Å². The highest BCUT2D eigenvalue weighted by Crippen LogP contribution is 2.40. The fourth-order valence-corrected chi connectivity index (χ4v) is 5.65. The molecule has 2 aromatic carbocycles. The number of aromatic hydroxyl groups is 1. The van der Waals surface area contributed by atoms with Crippen molar-refractivity contribution in [2.24, 2.45) is 0 Å². The molecule has 8 nitrogen and oxygen atoms in total. The molecule has 2 aliphatic rings. The SMILES string of the molecule is O=C1NC(=O)C(c2cn(CC(O)CN3CCCCC3)c3cccc(O)c23)=C1c1c[nH]c2ccccc12. The molecule has 0 aliphatic carbocycles. The first-order valence-electron chi connectivity index (χ1n) is 12.4. The minimum atomic E-state index is -0.616. The summed E-state index contributed by atoms with van der Waals surface area (Å²) in [5.41, 5.74) is 3.15. The number of hydrogen-bond donors (Lipinski definition) is 4. The molecule has 6 rings (SSSR count). The van der Waals surface area contributed by atoms with Crippen molar-refractivity contribution in [1.29, 1.82) is 0 Å². The lowest BCUT2D eigenvalue weighted by Crippen LogP contribution is -2.37. The third-order valence-corrected chi connectivity index (χ3v) is 7.27. The monoisotopic (exact) mass is 484 g/mol. The average Bonchev–Trinajstić information content (AvgIpc) is 3.53. The molecule has 1 unspecified atom stereocenters. The molecule has 0 bridgehead atoms. The van der Waals surface area contributed by atoms with Crippen LogP contribution in [0.3, 0.4) is 0 Å².